The van der Waals surface area contributed by atoms with Crippen molar-refractivity contribution in [3.05, 3.63) is 41.6 Å². The first-order valence-electron chi connectivity index (χ1n) is 6.95. The average molecular weight is 269 g/mol. The molecule has 1 aliphatic rings. The van der Waals surface area contributed by atoms with Crippen LogP contribution in [-0.2, 0) is 6.42 Å². The standard InChI is InChI=1S/C15H19N5/c1-11-10-14(18-15(17-11)19-16)20-9-5-4-7-12-6-2-3-8-13(12)20/h2-3,6,8,10H,4-5,7,9,16H2,1H3,(H,17,18,19). The number of para-hydroxylation sites is 1. The fourth-order valence-corrected chi connectivity index (χ4v) is 2.68. The maximum atomic E-state index is 5.45. The van der Waals surface area contributed by atoms with E-state index in [2.05, 4.69) is 44.6 Å². The normalized spacial score (nSPS) is 14.6. The fraction of sp³-hybridized carbons (Fsp3) is 0.333. The van der Waals surface area contributed by atoms with Gasteiger partial charge in [-0.25, -0.2) is 10.8 Å². The highest BCUT2D eigenvalue weighted by Crippen LogP contribution is 2.31. The van der Waals surface area contributed by atoms with Crippen LogP contribution in [0.5, 0.6) is 0 Å². The average Bonchev–Trinajstić information content (AvgIpc) is 2.69. The highest BCUT2D eigenvalue weighted by molar-refractivity contribution is 5.65. The number of nitrogens with one attached hydrogen (secondary N) is 1. The molecule has 2 heterocycles. The van der Waals surface area contributed by atoms with Crippen molar-refractivity contribution in [1.82, 2.24) is 9.97 Å². The second kappa shape index (κ2) is 5.46. The SMILES string of the molecule is Cc1cc(N2CCCCc3ccccc32)nc(NN)n1. The van der Waals surface area contributed by atoms with E-state index in [9.17, 15) is 0 Å². The molecule has 0 saturated carbocycles. The van der Waals surface area contributed by atoms with Gasteiger partial charge in [0.1, 0.15) is 5.82 Å². The molecule has 3 rings (SSSR count). The lowest BCUT2D eigenvalue weighted by Crippen LogP contribution is -2.21. The van der Waals surface area contributed by atoms with E-state index in [0.29, 0.717) is 5.95 Å². The molecule has 1 aromatic carbocycles. The lowest BCUT2D eigenvalue weighted by Gasteiger charge is -2.24. The molecule has 20 heavy (non-hydrogen) atoms. The zero-order chi connectivity index (χ0) is 13.9. The summed E-state index contributed by atoms with van der Waals surface area (Å²) < 4.78 is 0. The van der Waals surface area contributed by atoms with Crippen LogP contribution < -0.4 is 16.2 Å². The molecule has 0 unspecified atom stereocenters. The van der Waals surface area contributed by atoms with Crippen molar-refractivity contribution >= 4 is 17.5 Å². The van der Waals surface area contributed by atoms with Crippen molar-refractivity contribution < 1.29 is 0 Å². The number of fused-ring (bicyclic) bond motifs is 1. The Kier molecular flexibility index (Phi) is 3.52. The third-order valence-electron chi connectivity index (χ3n) is 3.61. The van der Waals surface area contributed by atoms with Gasteiger partial charge in [0.25, 0.3) is 0 Å². The summed E-state index contributed by atoms with van der Waals surface area (Å²) in [6, 6.07) is 10.5. The molecule has 0 atom stereocenters. The molecule has 104 valence electrons. The Morgan fingerprint density at radius 1 is 1.20 bits per heavy atom. The summed E-state index contributed by atoms with van der Waals surface area (Å²) in [5.41, 5.74) is 6.07. The van der Waals surface area contributed by atoms with Gasteiger partial charge in [-0.05, 0) is 37.8 Å². The van der Waals surface area contributed by atoms with Crippen LogP contribution in [0.2, 0.25) is 0 Å². The lowest BCUT2D eigenvalue weighted by atomic mass is 10.1. The number of benzene rings is 1. The Morgan fingerprint density at radius 3 is 2.90 bits per heavy atom. The quantitative estimate of drug-likeness (QED) is 0.648. The number of hydrogen-bond acceptors (Lipinski definition) is 5. The van der Waals surface area contributed by atoms with Gasteiger partial charge in [0.15, 0.2) is 0 Å². The number of hydrogen-bond donors (Lipinski definition) is 2. The van der Waals surface area contributed by atoms with Gasteiger partial charge in [-0.3, -0.25) is 5.43 Å². The Balaban J connectivity index is 2.07. The maximum Gasteiger partial charge on any atom is 0.239 e. The molecular weight excluding hydrogens is 250 g/mol. The molecule has 0 saturated heterocycles. The van der Waals surface area contributed by atoms with Gasteiger partial charge in [0, 0.05) is 24.0 Å². The molecule has 0 aliphatic carbocycles. The van der Waals surface area contributed by atoms with Gasteiger partial charge in [-0.2, -0.15) is 4.98 Å². The van der Waals surface area contributed by atoms with Crippen LogP contribution in [0.3, 0.4) is 0 Å². The highest BCUT2D eigenvalue weighted by atomic mass is 15.3. The minimum absolute atomic E-state index is 0.460. The molecule has 5 heteroatoms. The Hall–Kier alpha value is -2.14. The number of aryl methyl sites for hydroxylation is 2. The monoisotopic (exact) mass is 269 g/mol. The van der Waals surface area contributed by atoms with Crippen molar-refractivity contribution in [2.24, 2.45) is 5.84 Å². The number of nitrogen functional groups attached to an aromatic ring is 1. The molecule has 0 amide bonds. The molecule has 1 aromatic heterocycles. The molecule has 0 fully saturated rings. The van der Waals surface area contributed by atoms with Crippen LogP contribution in [0.4, 0.5) is 17.5 Å². The van der Waals surface area contributed by atoms with Crippen LogP contribution in [0, 0.1) is 6.92 Å². The Bertz CT molecular complexity index is 611. The predicted octanol–water partition coefficient (Wildman–Crippen LogP) is 2.55. The first-order chi connectivity index (χ1) is 9.78. The lowest BCUT2D eigenvalue weighted by molar-refractivity contribution is 0.757. The fourth-order valence-electron chi connectivity index (χ4n) is 2.68. The van der Waals surface area contributed by atoms with E-state index in [1.54, 1.807) is 0 Å². The summed E-state index contributed by atoms with van der Waals surface area (Å²) in [6.07, 6.45) is 3.49. The molecule has 2 aromatic rings. The summed E-state index contributed by atoms with van der Waals surface area (Å²) in [5, 5.41) is 0. The summed E-state index contributed by atoms with van der Waals surface area (Å²) >= 11 is 0. The maximum absolute atomic E-state index is 5.45. The molecule has 0 bridgehead atoms. The third-order valence-corrected chi connectivity index (χ3v) is 3.61. The van der Waals surface area contributed by atoms with Crippen LogP contribution >= 0.6 is 0 Å². The largest absolute Gasteiger partial charge is 0.326 e. The van der Waals surface area contributed by atoms with Crippen molar-refractivity contribution in [3.63, 3.8) is 0 Å². The number of nitrogens with two attached hydrogens (primary N) is 1. The van der Waals surface area contributed by atoms with Gasteiger partial charge in [0.2, 0.25) is 5.95 Å². The molecule has 0 radical (unpaired) electrons. The second-order valence-corrected chi connectivity index (χ2v) is 5.07. The minimum Gasteiger partial charge on any atom is -0.326 e. The molecule has 5 nitrogen and oxygen atoms in total. The summed E-state index contributed by atoms with van der Waals surface area (Å²) in [5.74, 6) is 6.81. The van der Waals surface area contributed by atoms with E-state index in [0.717, 1.165) is 30.9 Å². The Morgan fingerprint density at radius 2 is 2.05 bits per heavy atom. The van der Waals surface area contributed by atoms with Crippen LogP contribution in [0.15, 0.2) is 30.3 Å². The van der Waals surface area contributed by atoms with E-state index < -0.39 is 0 Å². The van der Waals surface area contributed by atoms with Gasteiger partial charge in [-0.1, -0.05) is 18.2 Å². The highest BCUT2D eigenvalue weighted by Gasteiger charge is 2.18. The van der Waals surface area contributed by atoms with E-state index >= 15 is 0 Å². The van der Waals surface area contributed by atoms with Gasteiger partial charge >= 0.3 is 0 Å². The first-order valence-corrected chi connectivity index (χ1v) is 6.95. The van der Waals surface area contributed by atoms with E-state index in [-0.39, 0.29) is 0 Å². The van der Waals surface area contributed by atoms with E-state index in [4.69, 9.17) is 5.84 Å². The molecule has 3 N–H and O–H groups in total. The van der Waals surface area contributed by atoms with Crippen LogP contribution in [0.1, 0.15) is 24.1 Å². The predicted molar refractivity (Wildman–Crippen MR) is 81.0 cm³/mol. The van der Waals surface area contributed by atoms with Crippen LogP contribution in [0.25, 0.3) is 0 Å². The molecule has 0 spiro atoms. The number of anilines is 3. The van der Waals surface area contributed by atoms with Crippen LogP contribution in [-0.4, -0.2) is 16.5 Å². The zero-order valence-corrected chi connectivity index (χ0v) is 11.6. The number of rotatable bonds is 2. The van der Waals surface area contributed by atoms with Gasteiger partial charge < -0.3 is 4.90 Å². The molecular formula is C15H19N5. The van der Waals surface area contributed by atoms with E-state index in [1.165, 1.54) is 17.7 Å². The zero-order valence-electron chi connectivity index (χ0n) is 11.6. The minimum atomic E-state index is 0.460. The summed E-state index contributed by atoms with van der Waals surface area (Å²) in [7, 11) is 0. The summed E-state index contributed by atoms with van der Waals surface area (Å²) in [4.78, 5) is 11.0. The summed E-state index contributed by atoms with van der Waals surface area (Å²) in [6.45, 7) is 2.92. The second-order valence-electron chi connectivity index (χ2n) is 5.07. The van der Waals surface area contributed by atoms with Gasteiger partial charge in [-0.15, -0.1) is 0 Å². The number of hydrazine groups is 1. The van der Waals surface area contributed by atoms with Crippen molar-refractivity contribution in [2.45, 2.75) is 26.2 Å². The third kappa shape index (κ3) is 2.44. The number of nitrogens with zero attached hydrogens (tertiary/aromatic N) is 3. The van der Waals surface area contributed by atoms with Crippen molar-refractivity contribution in [2.75, 3.05) is 16.9 Å². The van der Waals surface area contributed by atoms with Gasteiger partial charge in [0.05, 0.1) is 0 Å². The van der Waals surface area contributed by atoms with Crippen molar-refractivity contribution in [1.29, 1.82) is 0 Å². The topological polar surface area (TPSA) is 67.1 Å². The Labute approximate surface area is 118 Å². The first kappa shape index (κ1) is 12.9. The van der Waals surface area contributed by atoms with Crippen molar-refractivity contribution in [3.8, 4) is 0 Å². The molecule has 1 aliphatic heterocycles. The number of aromatic nitrogens is 2. The smallest absolute Gasteiger partial charge is 0.239 e. The van der Waals surface area contributed by atoms with E-state index in [1.807, 2.05) is 13.0 Å².